The molecule has 0 saturated carbocycles. The third kappa shape index (κ3) is 4.25. The van der Waals surface area contributed by atoms with Gasteiger partial charge in [-0.25, -0.2) is 17.2 Å². The van der Waals surface area contributed by atoms with Gasteiger partial charge in [-0.15, -0.1) is 0 Å². The largest absolute Gasteiger partial charge is 0.354 e. The van der Waals surface area contributed by atoms with E-state index in [4.69, 9.17) is 0 Å². The molecule has 0 amide bonds. The second-order valence-electron chi connectivity index (χ2n) is 7.23. The first-order valence-electron chi connectivity index (χ1n) is 9.55. The lowest BCUT2D eigenvalue weighted by Gasteiger charge is -2.11. The number of H-pyrrole nitrogens is 1. The summed E-state index contributed by atoms with van der Waals surface area (Å²) in [5.74, 6) is 3.00. The van der Waals surface area contributed by atoms with Crippen molar-refractivity contribution in [2.24, 2.45) is 0 Å². The molecule has 3 aromatic carbocycles. The van der Waals surface area contributed by atoms with Crippen molar-refractivity contribution in [1.29, 1.82) is 5.26 Å². The van der Waals surface area contributed by atoms with Crippen LogP contribution < -0.4 is 5.43 Å². The van der Waals surface area contributed by atoms with Gasteiger partial charge in [-0.05, 0) is 36.4 Å². The first-order chi connectivity index (χ1) is 15.7. The number of benzene rings is 3. The number of fused-ring (bicyclic) bond motifs is 1. The number of sulfone groups is 1. The standard InChI is InChI=1S/C25H14F2N2O3S/c1-33(31,32)23-10-8-16(14-28)11-18(23)20-13-22(30)24-21(29-20)12-19(26)17(25(24)27)9-7-15-5-3-2-4-6-15/h2-6,8,10-13H,1H3,(H,29,30). The summed E-state index contributed by atoms with van der Waals surface area (Å²) in [6, 6.07) is 16.3. The minimum atomic E-state index is -3.73. The van der Waals surface area contributed by atoms with Crippen molar-refractivity contribution in [3.05, 3.63) is 99.2 Å². The summed E-state index contributed by atoms with van der Waals surface area (Å²) in [6.07, 6.45) is 0.980. The fourth-order valence-electron chi connectivity index (χ4n) is 3.39. The molecule has 0 aliphatic heterocycles. The Kier molecular flexibility index (Phi) is 5.55. The minimum Gasteiger partial charge on any atom is -0.354 e. The lowest BCUT2D eigenvalue weighted by molar-refractivity contribution is 0.585. The maximum atomic E-state index is 15.1. The van der Waals surface area contributed by atoms with E-state index in [-0.39, 0.29) is 27.2 Å². The number of pyridine rings is 1. The zero-order valence-electron chi connectivity index (χ0n) is 17.1. The molecule has 162 valence electrons. The van der Waals surface area contributed by atoms with Crippen molar-refractivity contribution in [3.8, 4) is 29.2 Å². The Morgan fingerprint density at radius 3 is 2.33 bits per heavy atom. The molecule has 1 aromatic heterocycles. The lowest BCUT2D eigenvalue weighted by Crippen LogP contribution is -2.09. The molecule has 0 bridgehead atoms. The molecule has 0 aliphatic rings. The van der Waals surface area contributed by atoms with Crippen LogP contribution in [0.2, 0.25) is 0 Å². The van der Waals surface area contributed by atoms with Gasteiger partial charge >= 0.3 is 0 Å². The third-order valence-electron chi connectivity index (χ3n) is 4.91. The molecule has 1 N–H and O–H groups in total. The van der Waals surface area contributed by atoms with Gasteiger partial charge in [0.15, 0.2) is 21.1 Å². The van der Waals surface area contributed by atoms with Crippen molar-refractivity contribution >= 4 is 20.7 Å². The molecule has 1 heterocycles. The van der Waals surface area contributed by atoms with Gasteiger partial charge in [0.05, 0.1) is 38.7 Å². The summed E-state index contributed by atoms with van der Waals surface area (Å²) in [6.45, 7) is 0. The highest BCUT2D eigenvalue weighted by Gasteiger charge is 2.20. The number of hydrogen-bond donors (Lipinski definition) is 1. The fourth-order valence-corrected chi connectivity index (χ4v) is 4.28. The van der Waals surface area contributed by atoms with Gasteiger partial charge in [0.25, 0.3) is 0 Å². The van der Waals surface area contributed by atoms with Crippen molar-refractivity contribution < 1.29 is 17.2 Å². The van der Waals surface area contributed by atoms with Crippen molar-refractivity contribution in [2.45, 2.75) is 4.90 Å². The maximum absolute atomic E-state index is 15.1. The summed E-state index contributed by atoms with van der Waals surface area (Å²) >= 11 is 0. The molecule has 0 fully saturated rings. The van der Waals surface area contributed by atoms with Crippen LogP contribution in [0.1, 0.15) is 16.7 Å². The molecule has 4 rings (SSSR count). The van der Waals surface area contributed by atoms with E-state index < -0.39 is 37.9 Å². The number of nitrogens with one attached hydrogen (secondary N) is 1. The van der Waals surface area contributed by atoms with E-state index in [0.717, 1.165) is 18.4 Å². The maximum Gasteiger partial charge on any atom is 0.193 e. The Labute approximate surface area is 187 Å². The molecule has 33 heavy (non-hydrogen) atoms. The predicted molar refractivity (Wildman–Crippen MR) is 120 cm³/mol. The first-order valence-corrected chi connectivity index (χ1v) is 11.4. The number of rotatable bonds is 2. The highest BCUT2D eigenvalue weighted by atomic mass is 32.2. The van der Waals surface area contributed by atoms with E-state index in [0.29, 0.717) is 5.56 Å². The first kappa shape index (κ1) is 21.9. The van der Waals surface area contributed by atoms with Crippen LogP contribution in [0.5, 0.6) is 0 Å². The number of nitrogens with zero attached hydrogens (tertiary/aromatic N) is 1. The molecular formula is C25H14F2N2O3S. The van der Waals surface area contributed by atoms with Gasteiger partial charge in [0, 0.05) is 23.4 Å². The smallest absolute Gasteiger partial charge is 0.193 e. The lowest BCUT2D eigenvalue weighted by atomic mass is 10.0. The summed E-state index contributed by atoms with van der Waals surface area (Å²) in [5, 5.41) is 8.77. The van der Waals surface area contributed by atoms with Gasteiger partial charge in [-0.1, -0.05) is 30.0 Å². The molecule has 0 spiro atoms. The number of aromatic amines is 1. The number of nitriles is 1. The van der Waals surface area contributed by atoms with E-state index in [2.05, 4.69) is 16.8 Å². The Bertz CT molecular complexity index is 1690. The predicted octanol–water partition coefficient (Wildman–Crippen LogP) is 4.15. The number of aromatic nitrogens is 1. The number of halogens is 2. The molecule has 0 atom stereocenters. The number of hydrogen-bond acceptors (Lipinski definition) is 4. The normalized spacial score (nSPS) is 11.0. The molecule has 0 aliphatic carbocycles. The molecule has 4 aromatic rings. The minimum absolute atomic E-state index is 0.00643. The average molecular weight is 460 g/mol. The van der Waals surface area contributed by atoms with Crippen molar-refractivity contribution in [2.75, 3.05) is 6.26 Å². The Morgan fingerprint density at radius 1 is 0.939 bits per heavy atom. The third-order valence-corrected chi connectivity index (χ3v) is 6.07. The van der Waals surface area contributed by atoms with Crippen LogP contribution in [0.4, 0.5) is 8.78 Å². The van der Waals surface area contributed by atoms with Gasteiger partial charge < -0.3 is 4.98 Å². The summed E-state index contributed by atoms with van der Waals surface area (Å²) in [7, 11) is -3.73. The molecule has 8 heteroatoms. The molecule has 0 radical (unpaired) electrons. The van der Waals surface area contributed by atoms with Crippen LogP contribution >= 0.6 is 0 Å². The van der Waals surface area contributed by atoms with Gasteiger partial charge in [-0.2, -0.15) is 5.26 Å². The van der Waals surface area contributed by atoms with Crippen molar-refractivity contribution in [1.82, 2.24) is 4.98 Å². The van der Waals surface area contributed by atoms with Crippen LogP contribution in [-0.2, 0) is 9.84 Å². The SMILES string of the molecule is CS(=O)(=O)c1ccc(C#N)cc1-c1cc(=O)c2c(F)c(C#Cc3ccccc3)c(F)cc2[nH]1. The monoisotopic (exact) mass is 460 g/mol. The van der Waals surface area contributed by atoms with Crippen molar-refractivity contribution in [3.63, 3.8) is 0 Å². The highest BCUT2D eigenvalue weighted by Crippen LogP contribution is 2.29. The van der Waals surface area contributed by atoms with E-state index in [1.54, 1.807) is 30.3 Å². The molecule has 0 unspecified atom stereocenters. The van der Waals surface area contributed by atoms with Gasteiger partial charge in [0.1, 0.15) is 5.82 Å². The summed E-state index contributed by atoms with van der Waals surface area (Å²) in [5.41, 5.74) is -0.752. The molecular weight excluding hydrogens is 446 g/mol. The Hall–Kier alpha value is -4.27. The Balaban J connectivity index is 1.95. The zero-order chi connectivity index (χ0) is 23.8. The highest BCUT2D eigenvalue weighted by molar-refractivity contribution is 7.90. The summed E-state index contributed by atoms with van der Waals surface area (Å²) in [4.78, 5) is 15.4. The van der Waals surface area contributed by atoms with E-state index in [9.17, 15) is 22.9 Å². The average Bonchev–Trinajstić information content (AvgIpc) is 2.78. The van der Waals surface area contributed by atoms with Crippen LogP contribution in [0.25, 0.3) is 22.2 Å². The molecule has 5 nitrogen and oxygen atoms in total. The topological polar surface area (TPSA) is 90.8 Å². The van der Waals surface area contributed by atoms with Gasteiger partial charge in [-0.3, -0.25) is 4.79 Å². The second kappa shape index (κ2) is 8.34. The van der Waals surface area contributed by atoms with Crippen LogP contribution in [0.15, 0.2) is 70.4 Å². The Morgan fingerprint density at radius 2 is 1.67 bits per heavy atom. The van der Waals surface area contributed by atoms with Crippen LogP contribution in [-0.4, -0.2) is 19.7 Å². The second-order valence-corrected chi connectivity index (χ2v) is 9.21. The fraction of sp³-hybridized carbons (Fsp3) is 0.0400. The van der Waals surface area contributed by atoms with Crippen LogP contribution in [0.3, 0.4) is 0 Å². The van der Waals surface area contributed by atoms with E-state index in [1.165, 1.54) is 18.2 Å². The summed E-state index contributed by atoms with van der Waals surface area (Å²) < 4.78 is 54.3. The quantitative estimate of drug-likeness (QED) is 0.455. The van der Waals surface area contributed by atoms with Crippen LogP contribution in [0, 0.1) is 34.8 Å². The van der Waals surface area contributed by atoms with E-state index >= 15 is 4.39 Å². The zero-order valence-corrected chi connectivity index (χ0v) is 17.9. The van der Waals surface area contributed by atoms with E-state index in [1.807, 2.05) is 6.07 Å². The molecule has 0 saturated heterocycles. The van der Waals surface area contributed by atoms with Gasteiger partial charge in [0.2, 0.25) is 0 Å².